The molecule has 1 aliphatic rings. The molecular formula is C18H26ClN3O4. The molecular weight excluding hydrogens is 358 g/mol. The van der Waals surface area contributed by atoms with Crippen molar-refractivity contribution in [2.75, 3.05) is 25.0 Å². The van der Waals surface area contributed by atoms with Gasteiger partial charge in [0.1, 0.15) is 6.04 Å². The van der Waals surface area contributed by atoms with E-state index in [2.05, 4.69) is 10.6 Å². The summed E-state index contributed by atoms with van der Waals surface area (Å²) >= 11 is 0. The average Bonchev–Trinajstić information content (AvgIpc) is 2.60. The van der Waals surface area contributed by atoms with E-state index in [-0.39, 0.29) is 37.3 Å². The van der Waals surface area contributed by atoms with Gasteiger partial charge in [-0.25, -0.2) is 0 Å². The standard InChI is InChI=1S/C18H25N3O4.ClH/c1-2-13-7-3-4-8-14(13)20-16(22)11-19-17(23)12-21-10-6-5-9-15(21)18(24)25;/h3-4,7-8,15H,2,5-6,9-12H2,1H3,(H,19,23)(H,20,22)(H,24,25);1H. The Kier molecular flexibility index (Phi) is 9.09. The zero-order chi connectivity index (χ0) is 18.2. The highest BCUT2D eigenvalue weighted by Gasteiger charge is 2.29. The van der Waals surface area contributed by atoms with Crippen molar-refractivity contribution >= 4 is 35.9 Å². The van der Waals surface area contributed by atoms with E-state index in [0.29, 0.717) is 13.0 Å². The second kappa shape index (κ2) is 10.8. The number of hydrogen-bond acceptors (Lipinski definition) is 4. The lowest BCUT2D eigenvalue weighted by Gasteiger charge is -2.32. The minimum Gasteiger partial charge on any atom is -0.480 e. The van der Waals surface area contributed by atoms with Crippen molar-refractivity contribution in [2.24, 2.45) is 0 Å². The normalized spacial score (nSPS) is 17.0. The molecule has 1 atom stereocenters. The van der Waals surface area contributed by atoms with E-state index in [1.165, 1.54) is 0 Å². The third-order valence-corrected chi connectivity index (χ3v) is 4.36. The molecule has 1 aromatic rings. The molecule has 7 nitrogen and oxygen atoms in total. The summed E-state index contributed by atoms with van der Waals surface area (Å²) in [6, 6.07) is 6.90. The predicted octanol–water partition coefficient (Wildman–Crippen LogP) is 1.66. The Balaban J connectivity index is 0.00000338. The topological polar surface area (TPSA) is 98.7 Å². The highest BCUT2D eigenvalue weighted by atomic mass is 35.5. The van der Waals surface area contributed by atoms with E-state index in [0.717, 1.165) is 30.5 Å². The Bertz CT molecular complexity index is 639. The lowest BCUT2D eigenvalue weighted by Crippen LogP contribution is -2.49. The number of carbonyl (C=O) groups excluding carboxylic acids is 2. The van der Waals surface area contributed by atoms with Crippen LogP contribution < -0.4 is 10.6 Å². The Morgan fingerprint density at radius 1 is 1.19 bits per heavy atom. The maximum Gasteiger partial charge on any atom is 0.320 e. The van der Waals surface area contributed by atoms with Crippen LogP contribution in [0.1, 0.15) is 31.7 Å². The summed E-state index contributed by atoms with van der Waals surface area (Å²) in [5.74, 6) is -1.55. The van der Waals surface area contributed by atoms with Crippen LogP contribution in [-0.2, 0) is 20.8 Å². The Morgan fingerprint density at radius 3 is 2.62 bits per heavy atom. The van der Waals surface area contributed by atoms with Gasteiger partial charge >= 0.3 is 5.97 Å². The summed E-state index contributed by atoms with van der Waals surface area (Å²) in [7, 11) is 0. The van der Waals surface area contributed by atoms with Crippen molar-refractivity contribution in [2.45, 2.75) is 38.6 Å². The number of nitrogens with one attached hydrogen (secondary N) is 2. The number of benzene rings is 1. The number of para-hydroxylation sites is 1. The number of rotatable bonds is 7. The molecule has 0 aliphatic carbocycles. The first kappa shape index (κ1) is 21.9. The molecule has 26 heavy (non-hydrogen) atoms. The molecule has 1 aliphatic heterocycles. The summed E-state index contributed by atoms with van der Waals surface area (Å²) < 4.78 is 0. The number of anilines is 1. The van der Waals surface area contributed by atoms with Crippen LogP contribution in [0.15, 0.2) is 24.3 Å². The maximum atomic E-state index is 12.0. The van der Waals surface area contributed by atoms with Crippen molar-refractivity contribution in [3.63, 3.8) is 0 Å². The molecule has 1 heterocycles. The fraction of sp³-hybridized carbons (Fsp3) is 0.500. The quantitative estimate of drug-likeness (QED) is 0.665. The van der Waals surface area contributed by atoms with Crippen molar-refractivity contribution in [3.8, 4) is 0 Å². The monoisotopic (exact) mass is 383 g/mol. The van der Waals surface area contributed by atoms with E-state index in [4.69, 9.17) is 0 Å². The molecule has 1 unspecified atom stereocenters. The number of carboxylic acids is 1. The fourth-order valence-electron chi connectivity index (χ4n) is 3.02. The summed E-state index contributed by atoms with van der Waals surface area (Å²) in [5, 5.41) is 14.6. The van der Waals surface area contributed by atoms with Crippen LogP contribution in [0.4, 0.5) is 5.69 Å². The average molecular weight is 384 g/mol. The van der Waals surface area contributed by atoms with Gasteiger partial charge in [0.25, 0.3) is 0 Å². The molecule has 3 N–H and O–H groups in total. The van der Waals surface area contributed by atoms with Crippen LogP contribution in [-0.4, -0.2) is 53.5 Å². The Morgan fingerprint density at radius 2 is 1.92 bits per heavy atom. The summed E-state index contributed by atoms with van der Waals surface area (Å²) in [5.41, 5.74) is 1.77. The number of carboxylic acid groups (broad SMARTS) is 1. The molecule has 2 rings (SSSR count). The number of piperidine rings is 1. The van der Waals surface area contributed by atoms with Crippen molar-refractivity contribution < 1.29 is 19.5 Å². The highest BCUT2D eigenvalue weighted by Crippen LogP contribution is 2.17. The third kappa shape index (κ3) is 6.31. The van der Waals surface area contributed by atoms with Gasteiger partial charge in [-0.3, -0.25) is 19.3 Å². The first-order valence-electron chi connectivity index (χ1n) is 8.62. The van der Waals surface area contributed by atoms with E-state index in [1.807, 2.05) is 31.2 Å². The van der Waals surface area contributed by atoms with Crippen molar-refractivity contribution in [3.05, 3.63) is 29.8 Å². The van der Waals surface area contributed by atoms with Crippen LogP contribution in [0.3, 0.4) is 0 Å². The highest BCUT2D eigenvalue weighted by molar-refractivity contribution is 5.95. The predicted molar refractivity (Wildman–Crippen MR) is 102 cm³/mol. The minimum atomic E-state index is -0.901. The van der Waals surface area contributed by atoms with Gasteiger partial charge in [-0.15, -0.1) is 12.4 Å². The number of aryl methyl sites for hydroxylation is 1. The van der Waals surface area contributed by atoms with Crippen LogP contribution in [0, 0.1) is 0 Å². The van der Waals surface area contributed by atoms with Gasteiger partial charge in [0.05, 0.1) is 13.1 Å². The first-order valence-corrected chi connectivity index (χ1v) is 8.62. The minimum absolute atomic E-state index is 0. The van der Waals surface area contributed by atoms with Crippen LogP contribution in [0.25, 0.3) is 0 Å². The lowest BCUT2D eigenvalue weighted by atomic mass is 10.0. The second-order valence-corrected chi connectivity index (χ2v) is 6.16. The number of amides is 2. The molecule has 1 fully saturated rings. The van der Waals surface area contributed by atoms with Gasteiger partial charge in [0.15, 0.2) is 0 Å². The molecule has 8 heteroatoms. The van der Waals surface area contributed by atoms with Crippen molar-refractivity contribution in [1.29, 1.82) is 0 Å². The van der Waals surface area contributed by atoms with E-state index < -0.39 is 12.0 Å². The Hall–Kier alpha value is -2.12. The molecule has 0 radical (unpaired) electrons. The number of hydrogen-bond donors (Lipinski definition) is 3. The zero-order valence-corrected chi connectivity index (χ0v) is 15.7. The van der Waals surface area contributed by atoms with E-state index in [9.17, 15) is 19.5 Å². The zero-order valence-electron chi connectivity index (χ0n) is 14.9. The number of likely N-dealkylation sites (tertiary alicyclic amines) is 1. The van der Waals surface area contributed by atoms with Crippen LogP contribution in [0.2, 0.25) is 0 Å². The summed E-state index contributed by atoms with van der Waals surface area (Å²) in [4.78, 5) is 36.9. The largest absolute Gasteiger partial charge is 0.480 e. The third-order valence-electron chi connectivity index (χ3n) is 4.36. The van der Waals surface area contributed by atoms with Gasteiger partial charge in [0, 0.05) is 5.69 Å². The molecule has 0 saturated carbocycles. The molecule has 2 amide bonds. The molecule has 1 aromatic carbocycles. The molecule has 0 spiro atoms. The second-order valence-electron chi connectivity index (χ2n) is 6.16. The van der Waals surface area contributed by atoms with Crippen LogP contribution >= 0.6 is 12.4 Å². The Labute approximate surface area is 159 Å². The van der Waals surface area contributed by atoms with Gasteiger partial charge in [-0.1, -0.05) is 31.5 Å². The maximum absolute atomic E-state index is 12.0. The van der Waals surface area contributed by atoms with Crippen LogP contribution in [0.5, 0.6) is 0 Å². The summed E-state index contributed by atoms with van der Waals surface area (Å²) in [6.45, 7) is 2.45. The van der Waals surface area contributed by atoms with Gasteiger partial charge in [-0.2, -0.15) is 0 Å². The molecule has 0 aromatic heterocycles. The number of halogens is 1. The molecule has 1 saturated heterocycles. The lowest BCUT2D eigenvalue weighted by molar-refractivity contribution is -0.145. The smallest absolute Gasteiger partial charge is 0.320 e. The number of aliphatic carboxylic acids is 1. The van der Waals surface area contributed by atoms with Gasteiger partial charge in [0.2, 0.25) is 11.8 Å². The van der Waals surface area contributed by atoms with Crippen molar-refractivity contribution in [1.82, 2.24) is 10.2 Å². The fourth-order valence-corrected chi connectivity index (χ4v) is 3.02. The molecule has 144 valence electrons. The SMILES string of the molecule is CCc1ccccc1NC(=O)CNC(=O)CN1CCCCC1C(=O)O.Cl. The van der Waals surface area contributed by atoms with Gasteiger partial charge < -0.3 is 15.7 Å². The van der Waals surface area contributed by atoms with E-state index in [1.54, 1.807) is 4.90 Å². The first-order chi connectivity index (χ1) is 12.0. The number of carbonyl (C=O) groups is 3. The summed E-state index contributed by atoms with van der Waals surface area (Å²) in [6.07, 6.45) is 3.09. The number of nitrogens with zero attached hydrogens (tertiary/aromatic N) is 1. The van der Waals surface area contributed by atoms with Gasteiger partial charge in [-0.05, 0) is 37.4 Å². The van der Waals surface area contributed by atoms with E-state index >= 15 is 0 Å². The molecule has 0 bridgehead atoms.